The molecular weight excluding hydrogens is 144 g/mol. The van der Waals surface area contributed by atoms with Gasteiger partial charge < -0.3 is 0 Å². The third-order valence-electron chi connectivity index (χ3n) is 2.65. The summed E-state index contributed by atoms with van der Waals surface area (Å²) < 4.78 is 0. The first-order valence-electron chi connectivity index (χ1n) is 5.24. The van der Waals surface area contributed by atoms with E-state index in [1.165, 1.54) is 25.7 Å². The van der Waals surface area contributed by atoms with Crippen LogP contribution in [0, 0.1) is 11.3 Å². The minimum atomic E-state index is 0.382. The third-order valence-corrected chi connectivity index (χ3v) is 2.65. The Labute approximate surface area is 77.1 Å². The fourth-order valence-electron chi connectivity index (χ4n) is 2.15. The molecule has 0 radical (unpaired) electrons. The van der Waals surface area contributed by atoms with E-state index in [0.717, 1.165) is 5.92 Å². The quantitative estimate of drug-likeness (QED) is 0.513. The minimum absolute atomic E-state index is 0.382. The van der Waals surface area contributed by atoms with Gasteiger partial charge in [0.1, 0.15) is 0 Å². The average Bonchev–Trinajstić information content (AvgIpc) is 2.31. The van der Waals surface area contributed by atoms with Gasteiger partial charge in [0, 0.05) is 0 Å². The van der Waals surface area contributed by atoms with Gasteiger partial charge in [0.25, 0.3) is 0 Å². The molecule has 0 nitrogen and oxygen atoms in total. The topological polar surface area (TPSA) is 0 Å². The molecule has 0 N–H and O–H groups in total. The van der Waals surface area contributed by atoms with Crippen LogP contribution in [0.5, 0.6) is 0 Å². The lowest BCUT2D eigenvalue weighted by atomic mass is 9.89. The maximum absolute atomic E-state index is 2.49. The second-order valence-corrected chi connectivity index (χ2v) is 5.08. The van der Waals surface area contributed by atoms with Gasteiger partial charge in [-0.1, -0.05) is 39.3 Å². The monoisotopic (exact) mass is 166 g/mol. The number of allylic oxidation sites excluding steroid dienone is 2. The molecule has 0 aromatic rings. The maximum Gasteiger partial charge on any atom is -0.0200 e. The summed E-state index contributed by atoms with van der Waals surface area (Å²) in [7, 11) is 0. The molecule has 0 aromatic carbocycles. The zero-order valence-corrected chi connectivity index (χ0v) is 8.98. The maximum atomic E-state index is 2.49. The zero-order chi connectivity index (χ0) is 9.19. The van der Waals surface area contributed by atoms with Gasteiger partial charge in [0.15, 0.2) is 0 Å². The molecule has 1 aliphatic rings. The molecule has 0 aromatic heterocycles. The Kier molecular flexibility index (Phi) is 2.98. The summed E-state index contributed by atoms with van der Waals surface area (Å²) in [5.41, 5.74) is 2.11. The van der Waals surface area contributed by atoms with Gasteiger partial charge in [-0.2, -0.15) is 0 Å². The van der Waals surface area contributed by atoms with E-state index >= 15 is 0 Å². The highest BCUT2D eigenvalue weighted by molar-refractivity contribution is 5.14. The van der Waals surface area contributed by atoms with Crippen LogP contribution in [0.25, 0.3) is 0 Å². The molecule has 0 saturated heterocycles. The SMILES string of the molecule is CCC1CCC/C1=C\C(C)(C)C. The van der Waals surface area contributed by atoms with E-state index in [9.17, 15) is 0 Å². The minimum Gasteiger partial charge on any atom is -0.0797 e. The second-order valence-electron chi connectivity index (χ2n) is 5.08. The van der Waals surface area contributed by atoms with Gasteiger partial charge in [0.2, 0.25) is 0 Å². The van der Waals surface area contributed by atoms with Gasteiger partial charge in [-0.25, -0.2) is 0 Å². The predicted molar refractivity (Wildman–Crippen MR) is 55.2 cm³/mol. The van der Waals surface area contributed by atoms with Crippen molar-refractivity contribution >= 4 is 0 Å². The summed E-state index contributed by atoms with van der Waals surface area (Å²) >= 11 is 0. The molecule has 1 aliphatic carbocycles. The van der Waals surface area contributed by atoms with Gasteiger partial charge in [-0.15, -0.1) is 0 Å². The van der Waals surface area contributed by atoms with E-state index in [4.69, 9.17) is 0 Å². The Morgan fingerprint density at radius 1 is 1.42 bits per heavy atom. The van der Waals surface area contributed by atoms with Gasteiger partial charge in [-0.05, 0) is 37.0 Å². The van der Waals surface area contributed by atoms with Crippen molar-refractivity contribution in [1.29, 1.82) is 0 Å². The van der Waals surface area contributed by atoms with Gasteiger partial charge in [0.05, 0.1) is 0 Å². The van der Waals surface area contributed by atoms with E-state index in [2.05, 4.69) is 33.8 Å². The molecule has 0 amide bonds. The second kappa shape index (κ2) is 3.64. The normalized spacial score (nSPS) is 28.3. The van der Waals surface area contributed by atoms with Crippen LogP contribution in [-0.4, -0.2) is 0 Å². The van der Waals surface area contributed by atoms with Crippen molar-refractivity contribution in [1.82, 2.24) is 0 Å². The molecule has 0 bridgehead atoms. The largest absolute Gasteiger partial charge is 0.0797 e. The van der Waals surface area contributed by atoms with Crippen LogP contribution in [0.3, 0.4) is 0 Å². The molecule has 12 heavy (non-hydrogen) atoms. The molecule has 70 valence electrons. The molecule has 1 saturated carbocycles. The Hall–Kier alpha value is -0.260. The fraction of sp³-hybridized carbons (Fsp3) is 0.833. The molecular formula is C12H22. The van der Waals surface area contributed by atoms with Crippen LogP contribution < -0.4 is 0 Å². The standard InChI is InChI=1S/C12H22/c1-5-10-7-6-8-11(10)9-12(2,3)4/h9-10H,5-8H2,1-4H3/b11-9+. The Morgan fingerprint density at radius 2 is 2.08 bits per heavy atom. The van der Waals surface area contributed by atoms with Crippen molar-refractivity contribution < 1.29 is 0 Å². The lowest BCUT2D eigenvalue weighted by Gasteiger charge is -2.17. The smallest absolute Gasteiger partial charge is 0.0200 e. The fourth-order valence-corrected chi connectivity index (χ4v) is 2.15. The van der Waals surface area contributed by atoms with Crippen LogP contribution in [-0.2, 0) is 0 Å². The van der Waals surface area contributed by atoms with Crippen molar-refractivity contribution in [2.75, 3.05) is 0 Å². The molecule has 1 unspecified atom stereocenters. The van der Waals surface area contributed by atoms with Crippen molar-refractivity contribution in [2.45, 2.75) is 53.4 Å². The van der Waals surface area contributed by atoms with E-state index in [1.807, 2.05) is 0 Å². The molecule has 0 aliphatic heterocycles. The Balaban J connectivity index is 2.67. The Bertz CT molecular complexity index is 169. The molecule has 1 atom stereocenters. The molecule has 0 heterocycles. The average molecular weight is 166 g/mol. The van der Waals surface area contributed by atoms with Crippen LogP contribution in [0.4, 0.5) is 0 Å². The summed E-state index contributed by atoms with van der Waals surface area (Å²) in [5, 5.41) is 0. The third kappa shape index (κ3) is 2.66. The van der Waals surface area contributed by atoms with E-state index < -0.39 is 0 Å². The first-order valence-corrected chi connectivity index (χ1v) is 5.24. The Morgan fingerprint density at radius 3 is 2.58 bits per heavy atom. The van der Waals surface area contributed by atoms with Crippen molar-refractivity contribution in [3.05, 3.63) is 11.6 Å². The lowest BCUT2D eigenvalue weighted by Crippen LogP contribution is -2.04. The lowest BCUT2D eigenvalue weighted by molar-refractivity contribution is 0.523. The summed E-state index contributed by atoms with van der Waals surface area (Å²) in [5.74, 6) is 0.907. The highest BCUT2D eigenvalue weighted by atomic mass is 14.3. The molecule has 1 fully saturated rings. The van der Waals surface area contributed by atoms with Gasteiger partial charge in [-0.3, -0.25) is 0 Å². The number of rotatable bonds is 1. The summed E-state index contributed by atoms with van der Waals surface area (Å²) in [6.45, 7) is 9.20. The summed E-state index contributed by atoms with van der Waals surface area (Å²) in [4.78, 5) is 0. The van der Waals surface area contributed by atoms with Crippen molar-refractivity contribution in [2.24, 2.45) is 11.3 Å². The van der Waals surface area contributed by atoms with Crippen LogP contribution >= 0.6 is 0 Å². The first kappa shape index (κ1) is 9.83. The summed E-state index contributed by atoms with van der Waals surface area (Å²) in [6, 6.07) is 0. The van der Waals surface area contributed by atoms with Crippen molar-refractivity contribution in [3.63, 3.8) is 0 Å². The molecule has 1 rings (SSSR count). The highest BCUT2D eigenvalue weighted by Crippen LogP contribution is 2.35. The number of hydrogen-bond acceptors (Lipinski definition) is 0. The highest BCUT2D eigenvalue weighted by Gasteiger charge is 2.20. The van der Waals surface area contributed by atoms with Crippen LogP contribution in [0.1, 0.15) is 53.4 Å². The molecule has 0 spiro atoms. The van der Waals surface area contributed by atoms with E-state index in [0.29, 0.717) is 5.41 Å². The van der Waals surface area contributed by atoms with Crippen LogP contribution in [0.15, 0.2) is 11.6 Å². The predicted octanol–water partition coefficient (Wildman–Crippen LogP) is 4.17. The van der Waals surface area contributed by atoms with Crippen LogP contribution in [0.2, 0.25) is 0 Å². The van der Waals surface area contributed by atoms with E-state index in [1.54, 1.807) is 5.57 Å². The van der Waals surface area contributed by atoms with E-state index in [-0.39, 0.29) is 0 Å². The van der Waals surface area contributed by atoms with Crippen molar-refractivity contribution in [3.8, 4) is 0 Å². The number of hydrogen-bond donors (Lipinski definition) is 0. The molecule has 0 heteroatoms. The zero-order valence-electron chi connectivity index (χ0n) is 8.98. The van der Waals surface area contributed by atoms with Gasteiger partial charge >= 0.3 is 0 Å². The summed E-state index contributed by atoms with van der Waals surface area (Å²) in [6.07, 6.45) is 8.03. The first-order chi connectivity index (χ1) is 5.53.